The Labute approximate surface area is 190 Å². The summed E-state index contributed by atoms with van der Waals surface area (Å²) in [4.78, 5) is 16.4. The summed E-state index contributed by atoms with van der Waals surface area (Å²) >= 11 is 2.82. The number of anilines is 1. The molecule has 1 unspecified atom stereocenters. The van der Waals surface area contributed by atoms with Gasteiger partial charge in [-0.1, -0.05) is 48.7 Å². The number of benzene rings is 1. The summed E-state index contributed by atoms with van der Waals surface area (Å²) in [6.07, 6.45) is 7.30. The van der Waals surface area contributed by atoms with Crippen molar-refractivity contribution < 1.29 is 9.53 Å². The number of aromatic nitrogens is 4. The molecule has 0 radical (unpaired) electrons. The van der Waals surface area contributed by atoms with Crippen LogP contribution in [0.1, 0.15) is 62.6 Å². The summed E-state index contributed by atoms with van der Waals surface area (Å²) in [5.74, 6) is 1.80. The molecule has 1 aliphatic rings. The lowest BCUT2D eigenvalue weighted by atomic mass is 9.95. The second-order valence-corrected chi connectivity index (χ2v) is 9.59. The molecule has 0 bridgehead atoms. The standard InChI is InChI=1S/C22H27N5O2S2/c1-15-8-10-18(11-9-15)29-16(2)20-25-26-22(27(20)17-6-4-3-5-7-17)31-14-19(28)24-21-23-12-13-30-21/h8-13,16-17H,3-7,14H2,1-2H3,(H,23,24,28). The molecule has 9 heteroatoms. The van der Waals surface area contributed by atoms with Crippen LogP contribution < -0.4 is 10.1 Å². The Morgan fingerprint density at radius 3 is 2.74 bits per heavy atom. The van der Waals surface area contributed by atoms with Gasteiger partial charge in [0.1, 0.15) is 5.75 Å². The van der Waals surface area contributed by atoms with E-state index in [-0.39, 0.29) is 17.8 Å². The number of nitrogens with zero attached hydrogens (tertiary/aromatic N) is 4. The maximum atomic E-state index is 12.3. The first kappa shape index (κ1) is 21.8. The van der Waals surface area contributed by atoms with E-state index in [1.807, 2.05) is 36.6 Å². The Kier molecular flexibility index (Phi) is 7.24. The quantitative estimate of drug-likeness (QED) is 0.455. The lowest BCUT2D eigenvalue weighted by Crippen LogP contribution is -2.20. The van der Waals surface area contributed by atoms with Crippen molar-refractivity contribution in [3.63, 3.8) is 0 Å². The zero-order valence-electron chi connectivity index (χ0n) is 17.8. The minimum atomic E-state index is -0.240. The number of carbonyl (C=O) groups is 1. The van der Waals surface area contributed by atoms with Gasteiger partial charge in [0.15, 0.2) is 22.2 Å². The molecule has 1 aliphatic carbocycles. The summed E-state index contributed by atoms with van der Waals surface area (Å²) in [7, 11) is 0. The fourth-order valence-corrected chi connectivity index (χ4v) is 5.15. The average molecular weight is 458 g/mol. The predicted octanol–water partition coefficient (Wildman–Crippen LogP) is 5.42. The van der Waals surface area contributed by atoms with Crippen molar-refractivity contribution in [2.24, 2.45) is 0 Å². The number of hydrogen-bond donors (Lipinski definition) is 1. The van der Waals surface area contributed by atoms with Crippen molar-refractivity contribution in [2.75, 3.05) is 11.1 Å². The number of hydrogen-bond acceptors (Lipinski definition) is 7. The van der Waals surface area contributed by atoms with E-state index in [4.69, 9.17) is 4.74 Å². The first-order valence-corrected chi connectivity index (χ1v) is 12.5. The number of aryl methyl sites for hydroxylation is 1. The summed E-state index contributed by atoms with van der Waals surface area (Å²) in [6.45, 7) is 4.06. The molecule has 2 heterocycles. The molecule has 1 atom stereocenters. The number of nitrogens with one attached hydrogen (secondary N) is 1. The molecule has 1 saturated carbocycles. The van der Waals surface area contributed by atoms with Gasteiger partial charge in [-0.3, -0.25) is 9.36 Å². The molecule has 0 saturated heterocycles. The Morgan fingerprint density at radius 1 is 1.26 bits per heavy atom. The van der Waals surface area contributed by atoms with Gasteiger partial charge in [-0.05, 0) is 38.8 Å². The van der Waals surface area contributed by atoms with Crippen LogP contribution in [0.2, 0.25) is 0 Å². The highest BCUT2D eigenvalue weighted by atomic mass is 32.2. The van der Waals surface area contributed by atoms with E-state index < -0.39 is 0 Å². The molecule has 1 fully saturated rings. The fourth-order valence-electron chi connectivity index (χ4n) is 3.79. The highest BCUT2D eigenvalue weighted by molar-refractivity contribution is 7.99. The topological polar surface area (TPSA) is 81.9 Å². The Balaban J connectivity index is 1.50. The molecule has 164 valence electrons. The highest BCUT2D eigenvalue weighted by Gasteiger charge is 2.27. The third-order valence-electron chi connectivity index (χ3n) is 5.34. The number of carbonyl (C=O) groups excluding carboxylic acids is 1. The van der Waals surface area contributed by atoms with E-state index in [0.717, 1.165) is 29.6 Å². The SMILES string of the molecule is Cc1ccc(OC(C)c2nnc(SCC(=O)Nc3nccs3)n2C2CCCCC2)cc1. The Hall–Kier alpha value is -2.39. The molecule has 7 nitrogen and oxygen atoms in total. The van der Waals surface area contributed by atoms with Gasteiger partial charge in [0, 0.05) is 17.6 Å². The monoisotopic (exact) mass is 457 g/mol. The Bertz CT molecular complexity index is 982. The van der Waals surface area contributed by atoms with Crippen LogP contribution in [0, 0.1) is 6.92 Å². The molecule has 3 aromatic rings. The first-order valence-electron chi connectivity index (χ1n) is 10.6. The van der Waals surface area contributed by atoms with Gasteiger partial charge in [-0.2, -0.15) is 0 Å². The summed E-state index contributed by atoms with van der Waals surface area (Å²) in [5, 5.41) is 15.0. The van der Waals surface area contributed by atoms with Crippen LogP contribution >= 0.6 is 23.1 Å². The van der Waals surface area contributed by atoms with E-state index in [9.17, 15) is 4.79 Å². The van der Waals surface area contributed by atoms with Gasteiger partial charge in [-0.15, -0.1) is 21.5 Å². The average Bonchev–Trinajstić information content (AvgIpc) is 3.44. The van der Waals surface area contributed by atoms with E-state index in [1.165, 1.54) is 47.9 Å². The highest BCUT2D eigenvalue weighted by Crippen LogP contribution is 2.35. The molecule has 1 amide bonds. The summed E-state index contributed by atoms with van der Waals surface area (Å²) in [5.41, 5.74) is 1.19. The first-order chi connectivity index (χ1) is 15.1. The number of thiazole rings is 1. The van der Waals surface area contributed by atoms with Crippen LogP contribution in [0.5, 0.6) is 5.75 Å². The van der Waals surface area contributed by atoms with Crippen molar-refractivity contribution in [1.82, 2.24) is 19.7 Å². The molecular weight excluding hydrogens is 430 g/mol. The van der Waals surface area contributed by atoms with E-state index in [2.05, 4.69) is 32.0 Å². The molecule has 0 spiro atoms. The van der Waals surface area contributed by atoms with Crippen molar-refractivity contribution >= 4 is 34.1 Å². The largest absolute Gasteiger partial charge is 0.483 e. The third-order valence-corrected chi connectivity index (χ3v) is 6.97. The minimum Gasteiger partial charge on any atom is -0.483 e. The van der Waals surface area contributed by atoms with E-state index in [0.29, 0.717) is 11.2 Å². The van der Waals surface area contributed by atoms with Gasteiger partial charge >= 0.3 is 0 Å². The maximum absolute atomic E-state index is 12.3. The summed E-state index contributed by atoms with van der Waals surface area (Å²) < 4.78 is 8.38. The number of thioether (sulfide) groups is 1. The van der Waals surface area contributed by atoms with Gasteiger partial charge in [-0.25, -0.2) is 4.98 Å². The zero-order valence-corrected chi connectivity index (χ0v) is 19.4. The second-order valence-electron chi connectivity index (χ2n) is 7.75. The van der Waals surface area contributed by atoms with E-state index >= 15 is 0 Å². The Morgan fingerprint density at radius 2 is 2.03 bits per heavy atom. The number of rotatable bonds is 8. The van der Waals surface area contributed by atoms with E-state index in [1.54, 1.807) is 6.20 Å². The van der Waals surface area contributed by atoms with Crippen LogP contribution in [0.3, 0.4) is 0 Å². The zero-order chi connectivity index (χ0) is 21.6. The van der Waals surface area contributed by atoms with Crippen LogP contribution in [0.15, 0.2) is 41.0 Å². The normalized spacial score (nSPS) is 15.5. The smallest absolute Gasteiger partial charge is 0.236 e. The minimum absolute atomic E-state index is 0.0938. The van der Waals surface area contributed by atoms with Crippen molar-refractivity contribution in [3.8, 4) is 5.75 Å². The third kappa shape index (κ3) is 5.65. The van der Waals surface area contributed by atoms with Crippen LogP contribution in [-0.4, -0.2) is 31.4 Å². The molecule has 1 N–H and O–H groups in total. The lowest BCUT2D eigenvalue weighted by Gasteiger charge is -2.27. The molecule has 1 aromatic carbocycles. The molecule has 0 aliphatic heterocycles. The van der Waals surface area contributed by atoms with Gasteiger partial charge in [0.2, 0.25) is 5.91 Å². The maximum Gasteiger partial charge on any atom is 0.236 e. The van der Waals surface area contributed by atoms with Crippen molar-refractivity contribution in [3.05, 3.63) is 47.2 Å². The van der Waals surface area contributed by atoms with Crippen LogP contribution in [0.25, 0.3) is 0 Å². The molecule has 4 rings (SSSR count). The summed E-state index contributed by atoms with van der Waals surface area (Å²) in [6, 6.07) is 8.37. The van der Waals surface area contributed by atoms with Gasteiger partial charge in [0.05, 0.1) is 5.75 Å². The predicted molar refractivity (Wildman–Crippen MR) is 124 cm³/mol. The molecule has 31 heavy (non-hydrogen) atoms. The second kappa shape index (κ2) is 10.3. The van der Waals surface area contributed by atoms with Crippen molar-refractivity contribution in [2.45, 2.75) is 63.3 Å². The number of ether oxygens (including phenoxy) is 1. The van der Waals surface area contributed by atoms with Gasteiger partial charge in [0.25, 0.3) is 0 Å². The fraction of sp³-hybridized carbons (Fsp3) is 0.455. The molecule has 2 aromatic heterocycles. The van der Waals surface area contributed by atoms with Crippen LogP contribution in [-0.2, 0) is 4.79 Å². The van der Waals surface area contributed by atoms with Crippen LogP contribution in [0.4, 0.5) is 5.13 Å². The molecular formula is C22H27N5O2S2. The van der Waals surface area contributed by atoms with Crippen molar-refractivity contribution in [1.29, 1.82) is 0 Å². The lowest BCUT2D eigenvalue weighted by molar-refractivity contribution is -0.113. The van der Waals surface area contributed by atoms with Gasteiger partial charge < -0.3 is 10.1 Å². The number of amides is 1.